The van der Waals surface area contributed by atoms with E-state index in [1.807, 2.05) is 0 Å². The summed E-state index contributed by atoms with van der Waals surface area (Å²) in [6.45, 7) is 13.0. The molecule has 0 radical (unpaired) electrons. The minimum atomic E-state index is 0.103. The second kappa shape index (κ2) is 5.52. The molecule has 4 unspecified atom stereocenters. The van der Waals surface area contributed by atoms with Crippen molar-refractivity contribution in [3.05, 3.63) is 0 Å². The molecule has 1 nitrogen and oxygen atoms in total. The molecule has 0 aromatic carbocycles. The van der Waals surface area contributed by atoms with Crippen molar-refractivity contribution in [3.63, 3.8) is 0 Å². The van der Waals surface area contributed by atoms with Crippen LogP contribution < -0.4 is 0 Å². The highest BCUT2D eigenvalue weighted by molar-refractivity contribution is 7.81. The summed E-state index contributed by atoms with van der Waals surface area (Å²) in [4.78, 5) is 2.54. The first kappa shape index (κ1) is 15.4. The summed E-state index contributed by atoms with van der Waals surface area (Å²) in [7, 11) is 2.27. The van der Waals surface area contributed by atoms with Crippen LogP contribution in [0.5, 0.6) is 0 Å². The first-order chi connectivity index (χ1) is 7.73. The molecule has 1 aliphatic rings. The Morgan fingerprint density at radius 2 is 2.12 bits per heavy atom. The van der Waals surface area contributed by atoms with Gasteiger partial charge in [-0.3, -0.25) is 4.90 Å². The Morgan fingerprint density at radius 1 is 1.53 bits per heavy atom. The van der Waals surface area contributed by atoms with E-state index in [1.165, 1.54) is 32.2 Å². The summed E-state index contributed by atoms with van der Waals surface area (Å²) >= 11 is 5.07. The molecule has 17 heavy (non-hydrogen) atoms. The normalized spacial score (nSPS) is 36.5. The molecule has 1 aliphatic heterocycles. The number of hydrogen-bond donors (Lipinski definition) is 1. The van der Waals surface area contributed by atoms with Gasteiger partial charge in [-0.2, -0.15) is 12.6 Å². The summed E-state index contributed by atoms with van der Waals surface area (Å²) in [5.41, 5.74) is 0.233. The van der Waals surface area contributed by atoms with E-state index in [2.05, 4.69) is 46.6 Å². The first-order valence-corrected chi connectivity index (χ1v) is 7.61. The second-order valence-electron chi connectivity index (χ2n) is 6.78. The zero-order chi connectivity index (χ0) is 13.3. The smallest absolute Gasteiger partial charge is 0.0322 e. The third kappa shape index (κ3) is 3.20. The van der Waals surface area contributed by atoms with Crippen LogP contribution in [0.2, 0.25) is 0 Å². The SMILES string of the molecule is CCC(C)CC(C)(S)C1(C)CC(C)CCN1C. The predicted molar refractivity (Wildman–Crippen MR) is 80.9 cm³/mol. The van der Waals surface area contributed by atoms with Crippen LogP contribution in [0, 0.1) is 11.8 Å². The number of thiol groups is 1. The summed E-state index contributed by atoms with van der Waals surface area (Å²) in [5, 5.41) is 0. The highest BCUT2D eigenvalue weighted by atomic mass is 32.1. The Balaban J connectivity index is 2.85. The Morgan fingerprint density at radius 3 is 2.65 bits per heavy atom. The Bertz CT molecular complexity index is 251. The molecule has 1 saturated heterocycles. The highest BCUT2D eigenvalue weighted by Crippen LogP contribution is 2.45. The van der Waals surface area contributed by atoms with Crippen molar-refractivity contribution in [1.29, 1.82) is 0 Å². The van der Waals surface area contributed by atoms with Crippen LogP contribution in [0.1, 0.15) is 60.3 Å². The van der Waals surface area contributed by atoms with E-state index in [9.17, 15) is 0 Å². The second-order valence-corrected chi connectivity index (χ2v) is 7.77. The number of rotatable bonds is 4. The van der Waals surface area contributed by atoms with Gasteiger partial charge in [-0.1, -0.05) is 27.2 Å². The van der Waals surface area contributed by atoms with E-state index in [4.69, 9.17) is 12.6 Å². The molecule has 1 rings (SSSR count). The number of nitrogens with zero attached hydrogens (tertiary/aromatic N) is 1. The third-order valence-electron chi connectivity index (χ3n) is 5.15. The Hall–Kier alpha value is 0.310. The number of piperidine rings is 1. The monoisotopic (exact) mass is 257 g/mol. The number of likely N-dealkylation sites (tertiary alicyclic amines) is 1. The van der Waals surface area contributed by atoms with Crippen molar-refractivity contribution in [3.8, 4) is 0 Å². The molecule has 1 heterocycles. The molecule has 0 aliphatic carbocycles. The van der Waals surface area contributed by atoms with Gasteiger partial charge >= 0.3 is 0 Å². The van der Waals surface area contributed by atoms with Gasteiger partial charge < -0.3 is 0 Å². The zero-order valence-corrected chi connectivity index (χ0v) is 13.5. The van der Waals surface area contributed by atoms with E-state index >= 15 is 0 Å². The maximum absolute atomic E-state index is 5.07. The quantitative estimate of drug-likeness (QED) is 0.738. The van der Waals surface area contributed by atoms with Gasteiger partial charge in [0.25, 0.3) is 0 Å². The fraction of sp³-hybridized carbons (Fsp3) is 1.00. The van der Waals surface area contributed by atoms with Crippen molar-refractivity contribution in [2.75, 3.05) is 13.6 Å². The van der Waals surface area contributed by atoms with Gasteiger partial charge in [-0.05, 0) is 58.5 Å². The number of hydrogen-bond acceptors (Lipinski definition) is 2. The van der Waals surface area contributed by atoms with Crippen LogP contribution in [0.25, 0.3) is 0 Å². The van der Waals surface area contributed by atoms with Gasteiger partial charge in [0.2, 0.25) is 0 Å². The lowest BCUT2D eigenvalue weighted by molar-refractivity contribution is 0.0261. The molecular formula is C15H31NS. The maximum Gasteiger partial charge on any atom is 0.0322 e. The lowest BCUT2D eigenvalue weighted by atomic mass is 9.71. The molecular weight excluding hydrogens is 226 g/mol. The molecule has 2 heteroatoms. The molecule has 0 spiro atoms. The van der Waals surface area contributed by atoms with Crippen LogP contribution in [-0.2, 0) is 0 Å². The average Bonchev–Trinajstić information content (AvgIpc) is 2.23. The van der Waals surface area contributed by atoms with Crippen LogP contribution >= 0.6 is 12.6 Å². The molecule has 0 N–H and O–H groups in total. The molecule has 0 amide bonds. The molecule has 0 saturated carbocycles. The van der Waals surface area contributed by atoms with Crippen LogP contribution in [0.15, 0.2) is 0 Å². The standard InChI is InChI=1S/C15H31NS/c1-7-12(2)11-15(5,17)14(4)10-13(3)8-9-16(14)6/h12-13,17H,7-11H2,1-6H3. The molecule has 0 bridgehead atoms. The summed E-state index contributed by atoms with van der Waals surface area (Å²) in [5.74, 6) is 1.60. The fourth-order valence-electron chi connectivity index (χ4n) is 3.27. The van der Waals surface area contributed by atoms with Crippen molar-refractivity contribution < 1.29 is 0 Å². The van der Waals surface area contributed by atoms with Gasteiger partial charge in [0.15, 0.2) is 0 Å². The molecule has 102 valence electrons. The van der Waals surface area contributed by atoms with E-state index in [0.29, 0.717) is 0 Å². The molecule has 0 aromatic rings. The maximum atomic E-state index is 5.07. The summed E-state index contributed by atoms with van der Waals surface area (Å²) in [6.07, 6.45) is 5.07. The topological polar surface area (TPSA) is 3.24 Å². The Labute approximate surface area is 114 Å². The van der Waals surface area contributed by atoms with Gasteiger partial charge in [-0.15, -0.1) is 0 Å². The first-order valence-electron chi connectivity index (χ1n) is 7.16. The van der Waals surface area contributed by atoms with Gasteiger partial charge in [0.05, 0.1) is 0 Å². The van der Waals surface area contributed by atoms with Crippen molar-refractivity contribution >= 4 is 12.6 Å². The van der Waals surface area contributed by atoms with Crippen LogP contribution in [0.4, 0.5) is 0 Å². The zero-order valence-electron chi connectivity index (χ0n) is 12.6. The fourth-order valence-corrected chi connectivity index (χ4v) is 3.84. The average molecular weight is 257 g/mol. The lowest BCUT2D eigenvalue weighted by Crippen LogP contribution is -2.61. The van der Waals surface area contributed by atoms with Gasteiger partial charge in [-0.25, -0.2) is 0 Å². The van der Waals surface area contributed by atoms with Crippen molar-refractivity contribution in [2.24, 2.45) is 11.8 Å². The van der Waals surface area contributed by atoms with Gasteiger partial charge in [0, 0.05) is 10.3 Å². The van der Waals surface area contributed by atoms with Crippen LogP contribution in [0.3, 0.4) is 0 Å². The lowest BCUT2D eigenvalue weighted by Gasteiger charge is -2.54. The van der Waals surface area contributed by atoms with E-state index in [0.717, 1.165) is 11.8 Å². The van der Waals surface area contributed by atoms with Gasteiger partial charge in [0.1, 0.15) is 0 Å². The highest BCUT2D eigenvalue weighted by Gasteiger charge is 2.47. The van der Waals surface area contributed by atoms with Crippen molar-refractivity contribution in [1.82, 2.24) is 4.90 Å². The minimum Gasteiger partial charge on any atom is -0.300 e. The van der Waals surface area contributed by atoms with Crippen LogP contribution in [-0.4, -0.2) is 28.8 Å². The molecule has 1 fully saturated rings. The predicted octanol–water partition coefficient (Wildman–Crippen LogP) is 4.23. The molecule has 0 aromatic heterocycles. The summed E-state index contributed by atoms with van der Waals surface area (Å²) in [6, 6.07) is 0. The minimum absolute atomic E-state index is 0.103. The van der Waals surface area contributed by atoms with E-state index in [1.54, 1.807) is 0 Å². The van der Waals surface area contributed by atoms with E-state index in [-0.39, 0.29) is 10.3 Å². The largest absolute Gasteiger partial charge is 0.300 e. The van der Waals surface area contributed by atoms with Crippen molar-refractivity contribution in [2.45, 2.75) is 70.6 Å². The molecule has 4 atom stereocenters. The summed E-state index contributed by atoms with van der Waals surface area (Å²) < 4.78 is 0.103. The third-order valence-corrected chi connectivity index (χ3v) is 5.81. The Kier molecular flexibility index (Phi) is 4.99. The van der Waals surface area contributed by atoms with E-state index < -0.39 is 0 Å².